The molecular weight excluding hydrogens is 370 g/mol. The molecule has 29 heavy (non-hydrogen) atoms. The molecule has 0 bridgehead atoms. The molecule has 1 unspecified atom stereocenters. The van der Waals surface area contributed by atoms with E-state index >= 15 is 0 Å². The van der Waals surface area contributed by atoms with Crippen molar-refractivity contribution in [2.75, 3.05) is 19.8 Å². The number of nitrogens with one attached hydrogen (secondary N) is 1. The maximum Gasteiger partial charge on any atom is 0.262 e. The number of hydrogen-bond donors (Lipinski definition) is 1. The number of amides is 1. The van der Waals surface area contributed by atoms with Crippen LogP contribution in [-0.2, 0) is 9.53 Å². The zero-order chi connectivity index (χ0) is 20.1. The fourth-order valence-corrected chi connectivity index (χ4v) is 3.26. The number of hydrogen-bond acceptors (Lipinski definition) is 6. The topological polar surface area (TPSA) is 86.5 Å². The van der Waals surface area contributed by atoms with Crippen molar-refractivity contribution in [2.24, 2.45) is 0 Å². The van der Waals surface area contributed by atoms with Gasteiger partial charge in [0.15, 0.2) is 6.61 Å². The molecule has 0 saturated carbocycles. The van der Waals surface area contributed by atoms with Crippen molar-refractivity contribution >= 4 is 5.91 Å². The molecule has 7 nitrogen and oxygen atoms in total. The predicted molar refractivity (Wildman–Crippen MR) is 107 cm³/mol. The van der Waals surface area contributed by atoms with Gasteiger partial charge in [0.1, 0.15) is 5.75 Å². The van der Waals surface area contributed by atoms with E-state index in [1.54, 1.807) is 6.07 Å². The van der Waals surface area contributed by atoms with Gasteiger partial charge in [0, 0.05) is 18.7 Å². The van der Waals surface area contributed by atoms with E-state index in [9.17, 15) is 4.79 Å². The fraction of sp³-hybridized carbons (Fsp3) is 0.318. The van der Waals surface area contributed by atoms with Gasteiger partial charge >= 0.3 is 0 Å². The van der Waals surface area contributed by atoms with Gasteiger partial charge in [-0.3, -0.25) is 4.79 Å². The van der Waals surface area contributed by atoms with Crippen LogP contribution in [0.2, 0.25) is 0 Å². The number of carbonyl (C=O) groups is 1. The molecule has 150 valence electrons. The third kappa shape index (κ3) is 4.63. The smallest absolute Gasteiger partial charge is 0.262 e. The lowest BCUT2D eigenvalue weighted by Crippen LogP contribution is -2.35. The molecule has 2 aromatic carbocycles. The maximum absolute atomic E-state index is 12.1. The number of ether oxygens (including phenoxy) is 2. The molecule has 1 atom stereocenters. The Morgan fingerprint density at radius 3 is 2.76 bits per heavy atom. The molecule has 1 amide bonds. The normalized spacial score (nSPS) is 16.0. The minimum Gasteiger partial charge on any atom is -0.483 e. The summed E-state index contributed by atoms with van der Waals surface area (Å²) >= 11 is 0. The number of aromatic nitrogens is 2. The first-order chi connectivity index (χ1) is 14.2. The average Bonchev–Trinajstić information content (AvgIpc) is 3.43. The van der Waals surface area contributed by atoms with Crippen LogP contribution >= 0.6 is 0 Å². The number of rotatable bonds is 7. The molecule has 0 aliphatic carbocycles. The summed E-state index contributed by atoms with van der Waals surface area (Å²) in [6.07, 6.45) is 2.12. The van der Waals surface area contributed by atoms with E-state index in [1.165, 1.54) is 0 Å². The first-order valence-electron chi connectivity index (χ1n) is 9.71. The van der Waals surface area contributed by atoms with Gasteiger partial charge in [-0.15, -0.1) is 0 Å². The summed E-state index contributed by atoms with van der Waals surface area (Å²) in [4.78, 5) is 16.6. The van der Waals surface area contributed by atoms with E-state index in [1.807, 2.05) is 49.4 Å². The maximum atomic E-state index is 12.1. The monoisotopic (exact) mass is 393 g/mol. The van der Waals surface area contributed by atoms with Crippen LogP contribution in [0.1, 0.15) is 18.4 Å². The van der Waals surface area contributed by atoms with Crippen molar-refractivity contribution in [3.8, 4) is 28.6 Å². The van der Waals surface area contributed by atoms with Crippen LogP contribution < -0.4 is 10.1 Å². The highest BCUT2D eigenvalue weighted by Gasteiger charge is 2.18. The van der Waals surface area contributed by atoms with Gasteiger partial charge in [0.05, 0.1) is 11.7 Å². The van der Waals surface area contributed by atoms with Gasteiger partial charge < -0.3 is 19.3 Å². The lowest BCUT2D eigenvalue weighted by molar-refractivity contribution is -0.123. The van der Waals surface area contributed by atoms with Crippen LogP contribution in [0.4, 0.5) is 0 Å². The highest BCUT2D eigenvalue weighted by molar-refractivity contribution is 5.78. The lowest BCUT2D eigenvalue weighted by atomic mass is 10.1. The van der Waals surface area contributed by atoms with Gasteiger partial charge in [-0.25, -0.2) is 0 Å². The molecule has 1 saturated heterocycles. The number of para-hydroxylation sites is 1. The Labute approximate surface area is 169 Å². The van der Waals surface area contributed by atoms with Crippen LogP contribution in [0.25, 0.3) is 22.8 Å². The summed E-state index contributed by atoms with van der Waals surface area (Å²) in [6, 6.07) is 15.1. The second kappa shape index (κ2) is 8.87. The molecule has 1 aliphatic heterocycles. The van der Waals surface area contributed by atoms with E-state index in [-0.39, 0.29) is 18.6 Å². The second-order valence-corrected chi connectivity index (χ2v) is 6.96. The number of carbonyl (C=O) groups excluding carboxylic acids is 1. The Bertz CT molecular complexity index is 979. The van der Waals surface area contributed by atoms with Crippen molar-refractivity contribution in [1.82, 2.24) is 15.5 Å². The number of benzene rings is 2. The van der Waals surface area contributed by atoms with E-state index in [0.717, 1.165) is 30.6 Å². The summed E-state index contributed by atoms with van der Waals surface area (Å²) in [6.45, 7) is 3.17. The molecule has 1 aromatic heterocycles. The highest BCUT2D eigenvalue weighted by atomic mass is 16.5. The SMILES string of the molecule is Cc1ccccc1-c1noc(-c2ccccc2OCC(=O)NCC2CCCO2)n1. The summed E-state index contributed by atoms with van der Waals surface area (Å²) < 4.78 is 16.7. The Kier molecular flexibility index (Phi) is 5.86. The molecule has 7 heteroatoms. The number of aryl methyl sites for hydroxylation is 1. The van der Waals surface area contributed by atoms with Crippen LogP contribution in [0, 0.1) is 6.92 Å². The van der Waals surface area contributed by atoms with Crippen LogP contribution in [0.5, 0.6) is 5.75 Å². The predicted octanol–water partition coefficient (Wildman–Crippen LogP) is 3.39. The molecule has 0 radical (unpaired) electrons. The van der Waals surface area contributed by atoms with E-state index in [2.05, 4.69) is 15.5 Å². The zero-order valence-corrected chi connectivity index (χ0v) is 16.3. The van der Waals surface area contributed by atoms with Crippen LogP contribution in [-0.4, -0.2) is 41.9 Å². The summed E-state index contributed by atoms with van der Waals surface area (Å²) in [5, 5.41) is 6.94. The standard InChI is InChI=1S/C22H23N3O4/c1-15-7-2-3-9-17(15)21-24-22(29-25-21)18-10-4-5-11-19(18)28-14-20(26)23-13-16-8-6-12-27-16/h2-5,7,9-11,16H,6,8,12-14H2,1H3,(H,23,26). The van der Waals surface area contributed by atoms with Crippen LogP contribution in [0.15, 0.2) is 53.1 Å². The van der Waals surface area contributed by atoms with Gasteiger partial charge in [-0.2, -0.15) is 4.98 Å². The van der Waals surface area contributed by atoms with E-state index < -0.39 is 0 Å². The summed E-state index contributed by atoms with van der Waals surface area (Å²) in [5.74, 6) is 1.18. The van der Waals surface area contributed by atoms with E-state index in [0.29, 0.717) is 29.6 Å². The molecule has 1 fully saturated rings. The Morgan fingerprint density at radius 1 is 1.17 bits per heavy atom. The average molecular weight is 393 g/mol. The van der Waals surface area contributed by atoms with E-state index in [4.69, 9.17) is 14.0 Å². The van der Waals surface area contributed by atoms with Gasteiger partial charge in [0.25, 0.3) is 11.8 Å². The number of nitrogens with zero attached hydrogens (tertiary/aromatic N) is 2. The third-order valence-electron chi connectivity index (χ3n) is 4.84. The molecule has 3 aromatic rings. The quantitative estimate of drug-likeness (QED) is 0.662. The van der Waals surface area contributed by atoms with Gasteiger partial charge in [-0.1, -0.05) is 41.6 Å². The Morgan fingerprint density at radius 2 is 1.97 bits per heavy atom. The first-order valence-corrected chi connectivity index (χ1v) is 9.71. The zero-order valence-electron chi connectivity index (χ0n) is 16.3. The molecule has 2 heterocycles. The minimum absolute atomic E-state index is 0.0947. The molecule has 0 spiro atoms. The molecule has 4 rings (SSSR count). The third-order valence-corrected chi connectivity index (χ3v) is 4.84. The minimum atomic E-state index is -0.193. The second-order valence-electron chi connectivity index (χ2n) is 6.96. The molecule has 1 aliphatic rings. The summed E-state index contributed by atoms with van der Waals surface area (Å²) in [7, 11) is 0. The van der Waals surface area contributed by atoms with Gasteiger partial charge in [-0.05, 0) is 37.5 Å². The lowest BCUT2D eigenvalue weighted by Gasteiger charge is -2.12. The van der Waals surface area contributed by atoms with Crippen molar-refractivity contribution in [3.63, 3.8) is 0 Å². The van der Waals surface area contributed by atoms with Crippen LogP contribution in [0.3, 0.4) is 0 Å². The fourth-order valence-electron chi connectivity index (χ4n) is 3.26. The van der Waals surface area contributed by atoms with Crippen molar-refractivity contribution in [2.45, 2.75) is 25.9 Å². The Balaban J connectivity index is 1.43. The summed E-state index contributed by atoms with van der Waals surface area (Å²) in [5.41, 5.74) is 2.62. The Hall–Kier alpha value is -3.19. The molecule has 1 N–H and O–H groups in total. The first kappa shape index (κ1) is 19.1. The van der Waals surface area contributed by atoms with Gasteiger partial charge in [0.2, 0.25) is 5.82 Å². The highest BCUT2D eigenvalue weighted by Crippen LogP contribution is 2.30. The van der Waals surface area contributed by atoms with Crippen molar-refractivity contribution in [3.05, 3.63) is 54.1 Å². The largest absolute Gasteiger partial charge is 0.483 e. The van der Waals surface area contributed by atoms with Crippen molar-refractivity contribution in [1.29, 1.82) is 0 Å². The molecular formula is C22H23N3O4. The van der Waals surface area contributed by atoms with Crippen molar-refractivity contribution < 1.29 is 18.8 Å².